The molecule has 0 radical (unpaired) electrons. The van der Waals surface area contributed by atoms with Gasteiger partial charge in [0.25, 0.3) is 5.91 Å². The zero-order chi connectivity index (χ0) is 24.7. The van der Waals surface area contributed by atoms with E-state index in [1.807, 2.05) is 54.9 Å². The molecule has 182 valence electrons. The Labute approximate surface area is 200 Å². The average Bonchev–Trinajstić information content (AvgIpc) is 3.42. The maximum Gasteiger partial charge on any atom is 0.392 e. The van der Waals surface area contributed by atoms with E-state index in [4.69, 9.17) is 0 Å². The molecule has 0 fully saturated rings. The van der Waals surface area contributed by atoms with Crippen molar-refractivity contribution in [2.45, 2.75) is 52.4 Å². The highest BCUT2D eigenvalue weighted by atomic mass is 19.4. The van der Waals surface area contributed by atoms with Crippen LogP contribution in [0.5, 0.6) is 0 Å². The molecular formula is C25H25F3N6O. The molecule has 1 aromatic carbocycles. The van der Waals surface area contributed by atoms with Crippen molar-refractivity contribution in [3.8, 4) is 11.3 Å². The van der Waals surface area contributed by atoms with Gasteiger partial charge in [0.1, 0.15) is 11.5 Å². The number of aryl methyl sites for hydroxylation is 3. The third-order valence-corrected chi connectivity index (χ3v) is 6.43. The van der Waals surface area contributed by atoms with E-state index in [0.717, 1.165) is 16.8 Å². The third-order valence-electron chi connectivity index (χ3n) is 6.43. The van der Waals surface area contributed by atoms with Crippen molar-refractivity contribution >= 4 is 11.7 Å². The van der Waals surface area contributed by atoms with Crippen LogP contribution in [0.3, 0.4) is 0 Å². The first-order valence-electron chi connectivity index (χ1n) is 11.6. The number of hydrogen-bond acceptors (Lipinski definition) is 4. The molecule has 1 unspecified atom stereocenters. The van der Waals surface area contributed by atoms with E-state index in [1.54, 1.807) is 10.6 Å². The fourth-order valence-electron chi connectivity index (χ4n) is 4.46. The Bertz CT molecular complexity index is 1390. The topological polar surface area (TPSA) is 77.1 Å². The largest absolute Gasteiger partial charge is 0.392 e. The van der Waals surface area contributed by atoms with E-state index in [0.29, 0.717) is 48.2 Å². The van der Waals surface area contributed by atoms with Crippen molar-refractivity contribution in [2.75, 3.05) is 0 Å². The Kier molecular flexibility index (Phi) is 5.82. The van der Waals surface area contributed by atoms with Gasteiger partial charge in [0, 0.05) is 43.2 Å². The lowest BCUT2D eigenvalue weighted by molar-refractivity contribution is -0.179. The fourth-order valence-corrected chi connectivity index (χ4v) is 4.46. The molecule has 7 nitrogen and oxygen atoms in total. The number of aromatic nitrogens is 5. The van der Waals surface area contributed by atoms with Crippen LogP contribution < -0.4 is 5.32 Å². The van der Waals surface area contributed by atoms with Crippen molar-refractivity contribution in [2.24, 2.45) is 5.92 Å². The summed E-state index contributed by atoms with van der Waals surface area (Å²) in [6.07, 6.45) is 0.0111. The molecule has 0 bridgehead atoms. The normalized spacial score (nSPS) is 15.9. The average molecular weight is 483 g/mol. The van der Waals surface area contributed by atoms with Crippen LogP contribution in [0.4, 0.5) is 13.2 Å². The second-order valence-corrected chi connectivity index (χ2v) is 8.85. The molecule has 1 atom stereocenters. The van der Waals surface area contributed by atoms with Gasteiger partial charge in [0.15, 0.2) is 0 Å². The Morgan fingerprint density at radius 3 is 2.63 bits per heavy atom. The van der Waals surface area contributed by atoms with Gasteiger partial charge in [-0.1, -0.05) is 31.2 Å². The van der Waals surface area contributed by atoms with Crippen LogP contribution in [-0.4, -0.2) is 36.0 Å². The van der Waals surface area contributed by atoms with Crippen LogP contribution in [-0.2, 0) is 25.9 Å². The van der Waals surface area contributed by atoms with Crippen LogP contribution in [0.25, 0.3) is 17.0 Å². The molecule has 0 aliphatic carbocycles. The molecule has 0 spiro atoms. The summed E-state index contributed by atoms with van der Waals surface area (Å²) in [7, 11) is 0. The first-order valence-corrected chi connectivity index (χ1v) is 11.6. The van der Waals surface area contributed by atoms with Gasteiger partial charge >= 0.3 is 6.18 Å². The number of benzene rings is 1. The summed E-state index contributed by atoms with van der Waals surface area (Å²) in [5.41, 5.74) is 4.36. The van der Waals surface area contributed by atoms with Gasteiger partial charge in [-0.3, -0.25) is 9.20 Å². The van der Waals surface area contributed by atoms with E-state index in [9.17, 15) is 18.0 Å². The van der Waals surface area contributed by atoms with Gasteiger partial charge in [0.2, 0.25) is 5.78 Å². The van der Waals surface area contributed by atoms with Crippen molar-refractivity contribution < 1.29 is 18.0 Å². The summed E-state index contributed by atoms with van der Waals surface area (Å²) in [5, 5.41) is 2.95. The van der Waals surface area contributed by atoms with Crippen molar-refractivity contribution in [1.29, 1.82) is 0 Å². The molecule has 35 heavy (non-hydrogen) atoms. The minimum atomic E-state index is -4.19. The van der Waals surface area contributed by atoms with E-state index < -0.39 is 12.1 Å². The number of alkyl halides is 3. The lowest BCUT2D eigenvalue weighted by Gasteiger charge is -2.25. The molecular weight excluding hydrogens is 457 g/mol. The Morgan fingerprint density at radius 2 is 1.91 bits per heavy atom. The van der Waals surface area contributed by atoms with E-state index in [-0.39, 0.29) is 18.7 Å². The van der Waals surface area contributed by atoms with Crippen LogP contribution in [0.2, 0.25) is 0 Å². The molecule has 5 rings (SSSR count). The Morgan fingerprint density at radius 1 is 1.14 bits per heavy atom. The monoisotopic (exact) mass is 482 g/mol. The van der Waals surface area contributed by atoms with E-state index in [2.05, 4.69) is 20.3 Å². The van der Waals surface area contributed by atoms with Crippen LogP contribution in [0, 0.1) is 12.8 Å². The summed E-state index contributed by atoms with van der Waals surface area (Å²) in [5.74, 6) is -0.600. The number of fused-ring (bicyclic) bond motifs is 2. The number of imidazole rings is 2. The minimum absolute atomic E-state index is 0.0762. The molecule has 4 heterocycles. The summed E-state index contributed by atoms with van der Waals surface area (Å²) >= 11 is 0. The minimum Gasteiger partial charge on any atom is -0.347 e. The van der Waals surface area contributed by atoms with Crippen molar-refractivity contribution in [3.63, 3.8) is 0 Å². The predicted octanol–water partition coefficient (Wildman–Crippen LogP) is 4.52. The Balaban J connectivity index is 1.28. The highest BCUT2D eigenvalue weighted by Gasteiger charge is 2.41. The lowest BCUT2D eigenvalue weighted by Crippen LogP contribution is -2.31. The maximum absolute atomic E-state index is 13.1. The van der Waals surface area contributed by atoms with E-state index >= 15 is 0 Å². The quantitative estimate of drug-likeness (QED) is 0.454. The SMILES string of the molecule is CCc1nc2nc(C)ccn2c1C(=O)NCc1ccc(-c2cn3c(n2)CC(C(F)(F)F)CC3)cc1. The molecule has 3 aromatic heterocycles. The standard InChI is InChI=1S/C25H25F3N6O/c1-3-19-22(34-11-8-15(2)30-24(34)32-19)23(35)29-13-16-4-6-17(7-5-16)20-14-33-10-9-18(25(26,27)28)12-21(33)31-20/h4-8,11,14,18H,3,9-10,12-13H2,1-2H3,(H,29,35). The molecule has 1 aliphatic heterocycles. The summed E-state index contributed by atoms with van der Waals surface area (Å²) in [6.45, 7) is 4.46. The summed E-state index contributed by atoms with van der Waals surface area (Å²) < 4.78 is 42.8. The molecule has 4 aromatic rings. The maximum atomic E-state index is 13.1. The highest BCUT2D eigenvalue weighted by molar-refractivity contribution is 5.94. The first kappa shape index (κ1) is 23.1. The smallest absolute Gasteiger partial charge is 0.347 e. The number of halogens is 3. The van der Waals surface area contributed by atoms with Gasteiger partial charge in [-0.2, -0.15) is 13.2 Å². The van der Waals surface area contributed by atoms with Gasteiger partial charge in [-0.15, -0.1) is 0 Å². The number of hydrogen-bond donors (Lipinski definition) is 1. The predicted molar refractivity (Wildman–Crippen MR) is 124 cm³/mol. The summed E-state index contributed by atoms with van der Waals surface area (Å²) in [4.78, 5) is 26.3. The van der Waals surface area contributed by atoms with Gasteiger partial charge in [0.05, 0.1) is 17.3 Å². The Hall–Kier alpha value is -3.69. The lowest BCUT2D eigenvalue weighted by atomic mass is 9.97. The fraction of sp³-hybridized carbons (Fsp3) is 0.360. The number of nitrogens with zero attached hydrogens (tertiary/aromatic N) is 5. The van der Waals surface area contributed by atoms with Gasteiger partial charge < -0.3 is 9.88 Å². The first-order chi connectivity index (χ1) is 16.7. The van der Waals surface area contributed by atoms with Crippen molar-refractivity contribution in [1.82, 2.24) is 29.2 Å². The molecule has 0 saturated heterocycles. The molecule has 1 amide bonds. The van der Waals surface area contributed by atoms with Crippen molar-refractivity contribution in [3.05, 3.63) is 71.2 Å². The number of carbonyl (C=O) groups is 1. The number of amides is 1. The van der Waals surface area contributed by atoms with Crippen LogP contribution in [0.1, 0.15) is 46.6 Å². The third kappa shape index (κ3) is 4.52. The zero-order valence-corrected chi connectivity index (χ0v) is 19.4. The molecule has 10 heteroatoms. The second kappa shape index (κ2) is 8.83. The van der Waals surface area contributed by atoms with Gasteiger partial charge in [-0.25, -0.2) is 15.0 Å². The summed E-state index contributed by atoms with van der Waals surface area (Å²) in [6, 6.07) is 9.34. The molecule has 0 saturated carbocycles. The van der Waals surface area contributed by atoms with E-state index in [1.165, 1.54) is 0 Å². The molecule has 1 aliphatic rings. The number of carbonyl (C=O) groups excluding carboxylic acids is 1. The van der Waals surface area contributed by atoms with Gasteiger partial charge in [-0.05, 0) is 31.4 Å². The molecule has 1 N–H and O–H groups in total. The second-order valence-electron chi connectivity index (χ2n) is 8.85. The number of nitrogens with one attached hydrogen (secondary N) is 1. The van der Waals surface area contributed by atoms with Crippen LogP contribution >= 0.6 is 0 Å². The zero-order valence-electron chi connectivity index (χ0n) is 19.4. The van der Waals surface area contributed by atoms with Crippen LogP contribution in [0.15, 0.2) is 42.7 Å². The number of rotatable bonds is 5. The highest BCUT2D eigenvalue weighted by Crippen LogP contribution is 2.35.